The van der Waals surface area contributed by atoms with Crippen LogP contribution in [0.4, 0.5) is 15.9 Å². The Kier molecular flexibility index (Phi) is 4.13. The van der Waals surface area contributed by atoms with Gasteiger partial charge in [-0.1, -0.05) is 0 Å². The van der Waals surface area contributed by atoms with Crippen LogP contribution in [0.2, 0.25) is 0 Å². The Balaban J connectivity index is 1.44. The number of benzene rings is 2. The smallest absolute Gasteiger partial charge is 0.177 e. The van der Waals surface area contributed by atoms with Crippen LogP contribution < -0.4 is 10.1 Å². The normalized spacial score (nSPS) is 11.1. The maximum Gasteiger partial charge on any atom is 0.177 e. The molecule has 2 aromatic carbocycles. The van der Waals surface area contributed by atoms with Gasteiger partial charge in [0, 0.05) is 18.0 Å². The highest BCUT2D eigenvalue weighted by atomic mass is 19.1. The third-order valence-electron chi connectivity index (χ3n) is 4.64. The molecule has 148 valence electrons. The lowest BCUT2D eigenvalue weighted by Crippen LogP contribution is -1.99. The number of aryl methyl sites for hydroxylation is 1. The second-order valence-electron chi connectivity index (χ2n) is 6.65. The Morgan fingerprint density at radius 2 is 1.93 bits per heavy atom. The van der Waals surface area contributed by atoms with E-state index in [1.54, 1.807) is 28.9 Å². The van der Waals surface area contributed by atoms with Gasteiger partial charge >= 0.3 is 0 Å². The number of phenolic OH excluding ortho intramolecular Hbond substituents is 1. The molecule has 0 spiro atoms. The zero-order valence-electron chi connectivity index (χ0n) is 15.7. The van der Waals surface area contributed by atoms with Gasteiger partial charge in [0.2, 0.25) is 0 Å². The number of hydrogen-bond acceptors (Lipinski definition) is 7. The standard InChI is InChI=1S/C21H15FN6O2/c1-12-8-13(27-21-19-15(23-10-25-21)3-4-16(29)20(19)22)2-5-17(12)30-14-6-7-28-18(9-14)24-11-26-28/h2-11,29H,1H3,(H,23,25,27). The van der Waals surface area contributed by atoms with E-state index in [9.17, 15) is 9.50 Å². The lowest BCUT2D eigenvalue weighted by molar-refractivity contribution is 0.436. The van der Waals surface area contributed by atoms with Crippen LogP contribution >= 0.6 is 0 Å². The molecule has 0 fully saturated rings. The van der Waals surface area contributed by atoms with E-state index in [1.165, 1.54) is 24.8 Å². The topological polar surface area (TPSA) is 97.5 Å². The van der Waals surface area contributed by atoms with E-state index in [0.717, 1.165) is 5.56 Å². The van der Waals surface area contributed by atoms with E-state index < -0.39 is 11.6 Å². The van der Waals surface area contributed by atoms with Gasteiger partial charge < -0.3 is 15.2 Å². The van der Waals surface area contributed by atoms with Crippen LogP contribution in [0.3, 0.4) is 0 Å². The van der Waals surface area contributed by atoms with Crippen LogP contribution in [0.1, 0.15) is 5.56 Å². The number of hydrogen-bond donors (Lipinski definition) is 2. The van der Waals surface area contributed by atoms with Crippen molar-refractivity contribution in [2.45, 2.75) is 6.92 Å². The summed E-state index contributed by atoms with van der Waals surface area (Å²) in [5.41, 5.74) is 2.63. The average molecular weight is 402 g/mol. The number of phenols is 1. The summed E-state index contributed by atoms with van der Waals surface area (Å²) in [5.74, 6) is 0.347. The number of pyridine rings is 1. The number of nitrogens with zero attached hydrogens (tertiary/aromatic N) is 5. The molecule has 0 atom stereocenters. The molecule has 5 aromatic rings. The van der Waals surface area contributed by atoms with Gasteiger partial charge in [0.25, 0.3) is 0 Å². The number of halogens is 1. The molecule has 3 heterocycles. The molecule has 30 heavy (non-hydrogen) atoms. The first-order valence-corrected chi connectivity index (χ1v) is 9.05. The van der Waals surface area contributed by atoms with Crippen molar-refractivity contribution in [3.63, 3.8) is 0 Å². The minimum Gasteiger partial charge on any atom is -0.505 e. The molecular formula is C21H15FN6O2. The first kappa shape index (κ1) is 17.8. The van der Waals surface area contributed by atoms with Crippen LogP contribution in [-0.2, 0) is 0 Å². The van der Waals surface area contributed by atoms with Crippen molar-refractivity contribution in [3.8, 4) is 17.2 Å². The van der Waals surface area contributed by atoms with Crippen molar-refractivity contribution in [3.05, 3.63) is 72.7 Å². The number of fused-ring (bicyclic) bond motifs is 2. The summed E-state index contributed by atoms with van der Waals surface area (Å²) in [6.07, 6.45) is 4.59. The van der Waals surface area contributed by atoms with Gasteiger partial charge in [-0.2, -0.15) is 5.10 Å². The quantitative estimate of drug-likeness (QED) is 0.461. The molecule has 0 aliphatic rings. The fraction of sp³-hybridized carbons (Fsp3) is 0.0476. The predicted molar refractivity (Wildman–Crippen MR) is 109 cm³/mol. The highest BCUT2D eigenvalue weighted by Gasteiger charge is 2.13. The molecule has 8 nitrogen and oxygen atoms in total. The average Bonchev–Trinajstić information content (AvgIpc) is 3.21. The largest absolute Gasteiger partial charge is 0.505 e. The number of aromatic nitrogens is 5. The molecule has 2 N–H and O–H groups in total. The Bertz CT molecular complexity index is 1400. The molecular weight excluding hydrogens is 387 g/mol. The summed E-state index contributed by atoms with van der Waals surface area (Å²) < 4.78 is 22.1. The van der Waals surface area contributed by atoms with E-state index in [1.807, 2.05) is 19.1 Å². The highest BCUT2D eigenvalue weighted by Crippen LogP contribution is 2.32. The third-order valence-corrected chi connectivity index (χ3v) is 4.64. The summed E-state index contributed by atoms with van der Waals surface area (Å²) in [5, 5.41) is 17.0. The van der Waals surface area contributed by atoms with Gasteiger partial charge in [0.1, 0.15) is 30.0 Å². The summed E-state index contributed by atoms with van der Waals surface area (Å²) >= 11 is 0. The highest BCUT2D eigenvalue weighted by molar-refractivity contribution is 5.92. The molecule has 5 rings (SSSR count). The van der Waals surface area contributed by atoms with Crippen molar-refractivity contribution < 1.29 is 14.2 Å². The summed E-state index contributed by atoms with van der Waals surface area (Å²) in [4.78, 5) is 12.3. The van der Waals surface area contributed by atoms with Gasteiger partial charge in [0.05, 0.1) is 10.9 Å². The number of rotatable bonds is 4. The summed E-state index contributed by atoms with van der Waals surface area (Å²) in [7, 11) is 0. The van der Waals surface area contributed by atoms with Crippen molar-refractivity contribution in [2.75, 3.05) is 5.32 Å². The fourth-order valence-electron chi connectivity index (χ4n) is 3.16. The monoisotopic (exact) mass is 402 g/mol. The predicted octanol–water partition coefficient (Wildman–Crippen LogP) is 4.36. The Morgan fingerprint density at radius 3 is 2.80 bits per heavy atom. The van der Waals surface area contributed by atoms with Crippen LogP contribution in [-0.4, -0.2) is 29.7 Å². The van der Waals surface area contributed by atoms with Gasteiger partial charge in [-0.15, -0.1) is 0 Å². The first-order valence-electron chi connectivity index (χ1n) is 9.05. The first-order chi connectivity index (χ1) is 14.6. The fourth-order valence-corrected chi connectivity index (χ4v) is 3.16. The Hall–Kier alpha value is -4.27. The van der Waals surface area contributed by atoms with Crippen molar-refractivity contribution in [2.24, 2.45) is 0 Å². The van der Waals surface area contributed by atoms with Gasteiger partial charge in [-0.05, 0) is 48.9 Å². The summed E-state index contributed by atoms with van der Waals surface area (Å²) in [6, 6.07) is 11.9. The molecule has 0 unspecified atom stereocenters. The third kappa shape index (κ3) is 3.12. The second kappa shape index (κ2) is 6.96. The minimum absolute atomic E-state index is 0.122. The van der Waals surface area contributed by atoms with Crippen LogP contribution in [0, 0.1) is 12.7 Å². The number of aromatic hydroxyl groups is 1. The maximum atomic E-state index is 14.4. The molecule has 0 amide bonds. The lowest BCUT2D eigenvalue weighted by atomic mass is 10.1. The number of anilines is 2. The van der Waals surface area contributed by atoms with Crippen molar-refractivity contribution >= 4 is 28.1 Å². The van der Waals surface area contributed by atoms with E-state index >= 15 is 0 Å². The molecule has 9 heteroatoms. The van der Waals surface area contributed by atoms with E-state index in [2.05, 4.69) is 25.4 Å². The molecule has 0 aliphatic carbocycles. The zero-order chi connectivity index (χ0) is 20.7. The maximum absolute atomic E-state index is 14.4. The Morgan fingerprint density at radius 1 is 1.03 bits per heavy atom. The van der Waals surface area contributed by atoms with Gasteiger partial charge in [0.15, 0.2) is 17.2 Å². The van der Waals surface area contributed by atoms with Crippen LogP contribution in [0.5, 0.6) is 17.2 Å². The molecule has 0 saturated heterocycles. The second-order valence-corrected chi connectivity index (χ2v) is 6.65. The SMILES string of the molecule is Cc1cc(Nc2ncnc3ccc(O)c(F)c23)ccc1Oc1ccn2ncnc2c1. The molecule has 3 aromatic heterocycles. The minimum atomic E-state index is -0.767. The lowest BCUT2D eigenvalue weighted by Gasteiger charge is -2.13. The van der Waals surface area contributed by atoms with Gasteiger partial charge in [-0.3, -0.25) is 0 Å². The van der Waals surface area contributed by atoms with Crippen molar-refractivity contribution in [1.82, 2.24) is 24.6 Å². The molecule has 0 saturated carbocycles. The van der Waals surface area contributed by atoms with Crippen molar-refractivity contribution in [1.29, 1.82) is 0 Å². The molecule has 0 radical (unpaired) electrons. The zero-order valence-corrected chi connectivity index (χ0v) is 15.7. The van der Waals surface area contributed by atoms with Gasteiger partial charge in [-0.25, -0.2) is 23.9 Å². The van der Waals surface area contributed by atoms with E-state index in [4.69, 9.17) is 4.74 Å². The van der Waals surface area contributed by atoms with Crippen LogP contribution in [0.25, 0.3) is 16.6 Å². The van der Waals surface area contributed by atoms with E-state index in [-0.39, 0.29) is 11.2 Å². The Labute approximate surface area is 169 Å². The molecule has 0 aliphatic heterocycles. The van der Waals surface area contributed by atoms with E-state index in [0.29, 0.717) is 28.4 Å². The molecule has 0 bridgehead atoms. The number of ether oxygens (including phenoxy) is 1. The summed E-state index contributed by atoms with van der Waals surface area (Å²) in [6.45, 7) is 1.90. The number of nitrogens with one attached hydrogen (secondary N) is 1. The van der Waals surface area contributed by atoms with Crippen LogP contribution in [0.15, 0.2) is 61.3 Å².